The summed E-state index contributed by atoms with van der Waals surface area (Å²) in [6.45, 7) is 3.13. The largest absolute Gasteiger partial charge is 0.448 e. The monoisotopic (exact) mass is 576 g/mol. The van der Waals surface area contributed by atoms with E-state index >= 15 is 0 Å². The van der Waals surface area contributed by atoms with Crippen LogP contribution in [0.15, 0.2) is 53.4 Å². The first-order valence-electron chi connectivity index (χ1n) is 14.3. The Bertz CT molecular complexity index is 1250. The summed E-state index contributed by atoms with van der Waals surface area (Å²) < 4.78 is 62.5. The van der Waals surface area contributed by atoms with E-state index in [0.717, 1.165) is 38.1 Å². The third-order valence-corrected chi connectivity index (χ3v) is 10.2. The lowest BCUT2D eigenvalue weighted by molar-refractivity contribution is 0.0488. The van der Waals surface area contributed by atoms with Gasteiger partial charge in [0.25, 0.3) is 0 Å². The van der Waals surface area contributed by atoms with Crippen LogP contribution >= 0.6 is 0 Å². The number of hydrogen-bond acceptors (Lipinski definition) is 6. The molecule has 5 rings (SSSR count). The summed E-state index contributed by atoms with van der Waals surface area (Å²) in [5.74, 6) is -0.997. The number of nitrogens with one attached hydrogen (secondary N) is 1. The highest BCUT2D eigenvalue weighted by Gasteiger charge is 2.41. The normalized spacial score (nSPS) is 23.7. The van der Waals surface area contributed by atoms with Gasteiger partial charge in [0.1, 0.15) is 18.2 Å². The van der Waals surface area contributed by atoms with Crippen molar-refractivity contribution < 1.29 is 26.7 Å². The van der Waals surface area contributed by atoms with Gasteiger partial charge >= 0.3 is 6.09 Å². The maximum atomic E-state index is 14.1. The van der Waals surface area contributed by atoms with Crippen molar-refractivity contribution in [1.29, 1.82) is 0 Å². The summed E-state index contributed by atoms with van der Waals surface area (Å²) in [5.41, 5.74) is 4.13. The molecule has 2 aromatic rings. The van der Waals surface area contributed by atoms with E-state index in [1.165, 1.54) is 47.8 Å². The fourth-order valence-electron chi connectivity index (χ4n) is 6.06. The Morgan fingerprint density at radius 2 is 1.60 bits per heavy atom. The predicted molar refractivity (Wildman–Crippen MR) is 147 cm³/mol. The van der Waals surface area contributed by atoms with E-state index in [1.54, 1.807) is 17.0 Å². The van der Waals surface area contributed by atoms with Crippen molar-refractivity contribution in [3.63, 3.8) is 0 Å². The molecule has 0 bridgehead atoms. The van der Waals surface area contributed by atoms with Crippen molar-refractivity contribution in [1.82, 2.24) is 19.6 Å². The van der Waals surface area contributed by atoms with E-state index in [-0.39, 0.29) is 11.5 Å². The van der Waals surface area contributed by atoms with E-state index in [1.807, 2.05) is 0 Å². The molecule has 3 saturated heterocycles. The topological polar surface area (TPSA) is 82.2 Å². The summed E-state index contributed by atoms with van der Waals surface area (Å²) in [4.78, 5) is 14.6. The zero-order chi connectivity index (χ0) is 28.1. The second-order valence-electron chi connectivity index (χ2n) is 11.0. The van der Waals surface area contributed by atoms with Crippen LogP contribution in [0.2, 0.25) is 0 Å². The molecule has 2 aromatic carbocycles. The quantitative estimate of drug-likeness (QED) is 0.508. The van der Waals surface area contributed by atoms with Gasteiger partial charge in [-0.3, -0.25) is 5.43 Å². The SMILES string of the molecule is O=C(OC[C@H]1CCC[C@@H](c2cccc(F)c2)N1S(=O)(=O)c1ccc(F)cc1)N1CCC(NN2CCCCC2)CC1. The minimum absolute atomic E-state index is 0.0585. The lowest BCUT2D eigenvalue weighted by Gasteiger charge is -2.41. The van der Waals surface area contributed by atoms with E-state index in [4.69, 9.17) is 4.74 Å². The van der Waals surface area contributed by atoms with Gasteiger partial charge in [-0.15, -0.1) is 0 Å². The van der Waals surface area contributed by atoms with Gasteiger partial charge in [0.15, 0.2) is 0 Å². The maximum absolute atomic E-state index is 14.1. The minimum atomic E-state index is -4.11. The van der Waals surface area contributed by atoms with Gasteiger partial charge in [-0.2, -0.15) is 4.31 Å². The minimum Gasteiger partial charge on any atom is -0.448 e. The van der Waals surface area contributed by atoms with Gasteiger partial charge in [-0.25, -0.2) is 27.0 Å². The highest BCUT2D eigenvalue weighted by atomic mass is 32.2. The van der Waals surface area contributed by atoms with E-state index in [2.05, 4.69) is 10.4 Å². The molecule has 3 heterocycles. The number of ether oxygens (including phenoxy) is 1. The molecule has 2 atom stereocenters. The molecule has 0 unspecified atom stereocenters. The van der Waals surface area contributed by atoms with E-state index < -0.39 is 39.8 Å². The number of carbonyl (C=O) groups excluding carboxylic acids is 1. The Morgan fingerprint density at radius 3 is 2.30 bits per heavy atom. The lowest BCUT2D eigenvalue weighted by Crippen LogP contribution is -2.52. The summed E-state index contributed by atoms with van der Waals surface area (Å²) in [6.07, 6.45) is 6.53. The maximum Gasteiger partial charge on any atom is 0.409 e. The van der Waals surface area contributed by atoms with Crippen LogP contribution in [0.3, 0.4) is 0 Å². The van der Waals surface area contributed by atoms with Crippen molar-refractivity contribution in [2.75, 3.05) is 32.8 Å². The number of halogens is 2. The molecule has 1 N–H and O–H groups in total. The second-order valence-corrected chi connectivity index (χ2v) is 12.8. The van der Waals surface area contributed by atoms with Crippen LogP contribution in [0.5, 0.6) is 0 Å². The Morgan fingerprint density at radius 1 is 0.875 bits per heavy atom. The Hall–Kier alpha value is -2.60. The molecule has 0 saturated carbocycles. The van der Waals surface area contributed by atoms with Gasteiger partial charge in [0, 0.05) is 32.2 Å². The third kappa shape index (κ3) is 6.82. The van der Waals surface area contributed by atoms with Crippen LogP contribution in [0.4, 0.5) is 13.6 Å². The van der Waals surface area contributed by atoms with E-state index in [9.17, 15) is 22.0 Å². The number of nitrogens with zero attached hydrogens (tertiary/aromatic N) is 3. The zero-order valence-corrected chi connectivity index (χ0v) is 23.5. The number of hydrazine groups is 1. The number of benzene rings is 2. The Labute approximate surface area is 235 Å². The van der Waals surface area contributed by atoms with Gasteiger partial charge in [0.05, 0.1) is 17.0 Å². The molecule has 218 valence electrons. The smallest absolute Gasteiger partial charge is 0.409 e. The molecule has 3 aliphatic heterocycles. The summed E-state index contributed by atoms with van der Waals surface area (Å²) >= 11 is 0. The van der Waals surface area contributed by atoms with Gasteiger partial charge < -0.3 is 9.64 Å². The van der Waals surface area contributed by atoms with Gasteiger partial charge in [-0.05, 0) is 86.9 Å². The fourth-order valence-corrected chi connectivity index (χ4v) is 7.91. The van der Waals surface area contributed by atoms with Crippen LogP contribution in [0, 0.1) is 11.6 Å². The Kier molecular flexibility index (Phi) is 9.34. The predicted octanol–water partition coefficient (Wildman–Crippen LogP) is 4.84. The first kappa shape index (κ1) is 28.9. The highest BCUT2D eigenvalue weighted by Crippen LogP contribution is 2.39. The average molecular weight is 577 g/mol. The zero-order valence-electron chi connectivity index (χ0n) is 22.7. The molecular weight excluding hydrogens is 538 g/mol. The van der Waals surface area contributed by atoms with Crippen LogP contribution in [0.25, 0.3) is 0 Å². The van der Waals surface area contributed by atoms with Gasteiger partial charge in [0.2, 0.25) is 10.0 Å². The number of amides is 1. The van der Waals surface area contributed by atoms with Crippen LogP contribution in [0.1, 0.15) is 63.0 Å². The second kappa shape index (κ2) is 12.9. The molecular formula is C29H38F2N4O4S. The standard InChI is InChI=1S/C29H38F2N4O4S/c30-23-10-12-27(13-11-23)40(37,38)35-26(8-5-9-28(35)22-6-4-7-24(31)20-22)21-39-29(36)33-18-14-25(15-19-33)32-34-16-2-1-3-17-34/h4,6-7,10-13,20,25-26,28,32H,1-3,5,8-9,14-19,21H2/t26-,28+/m1/s1. The van der Waals surface area contributed by atoms with Crippen molar-refractivity contribution in [3.8, 4) is 0 Å². The number of likely N-dealkylation sites (tertiary alicyclic amines) is 1. The summed E-state index contributed by atoms with van der Waals surface area (Å²) in [7, 11) is -4.11. The first-order chi connectivity index (χ1) is 19.3. The first-order valence-corrected chi connectivity index (χ1v) is 15.7. The Balaban J connectivity index is 1.26. The van der Waals surface area contributed by atoms with Gasteiger partial charge in [-0.1, -0.05) is 18.6 Å². The number of carbonyl (C=O) groups is 1. The molecule has 11 heteroatoms. The molecule has 40 heavy (non-hydrogen) atoms. The molecule has 0 aromatic heterocycles. The third-order valence-electron chi connectivity index (χ3n) is 8.18. The molecule has 0 spiro atoms. The number of rotatable bonds is 7. The highest BCUT2D eigenvalue weighted by molar-refractivity contribution is 7.89. The lowest BCUT2D eigenvalue weighted by atomic mass is 9.93. The number of sulfonamides is 1. The van der Waals surface area contributed by atoms with Crippen molar-refractivity contribution in [2.24, 2.45) is 0 Å². The fraction of sp³-hybridized carbons (Fsp3) is 0.552. The van der Waals surface area contributed by atoms with Crippen LogP contribution in [-0.2, 0) is 14.8 Å². The van der Waals surface area contributed by atoms with E-state index in [0.29, 0.717) is 44.0 Å². The van der Waals surface area contributed by atoms with Crippen molar-refractivity contribution in [2.45, 2.75) is 74.4 Å². The molecule has 0 aliphatic carbocycles. The molecule has 3 fully saturated rings. The van der Waals surface area contributed by atoms with Crippen molar-refractivity contribution in [3.05, 3.63) is 65.7 Å². The number of hydrogen-bond donors (Lipinski definition) is 1. The molecule has 3 aliphatic rings. The molecule has 8 nitrogen and oxygen atoms in total. The molecule has 1 amide bonds. The summed E-state index contributed by atoms with van der Waals surface area (Å²) in [6, 6.07) is 9.63. The number of piperidine rings is 3. The van der Waals surface area contributed by atoms with Crippen molar-refractivity contribution >= 4 is 16.1 Å². The molecule has 0 radical (unpaired) electrons. The average Bonchev–Trinajstić information content (AvgIpc) is 2.97. The summed E-state index contributed by atoms with van der Waals surface area (Å²) in [5, 5.41) is 2.29. The van der Waals surface area contributed by atoms with Crippen LogP contribution < -0.4 is 5.43 Å². The van der Waals surface area contributed by atoms with Crippen LogP contribution in [-0.4, -0.2) is 73.6 Å².